The van der Waals surface area contributed by atoms with Gasteiger partial charge in [0, 0.05) is 41.8 Å². The molecule has 3 rings (SSSR count). The van der Waals surface area contributed by atoms with Crippen LogP contribution >= 0.6 is 22.9 Å². The predicted molar refractivity (Wildman–Crippen MR) is 100 cm³/mol. The maximum atomic E-state index is 12.3. The molecule has 2 amide bonds. The largest absolute Gasteiger partial charge is 0.368 e. The Kier molecular flexibility index (Phi) is 5.24. The number of carbonyl (C=O) groups excluding carboxylic acids is 2. The molecule has 0 saturated carbocycles. The SMILES string of the molecule is Cc1nc(NC(=O)C(=O)N2CCN(c3cccc(Cl)c3)CC2)sc1C. The van der Waals surface area contributed by atoms with Crippen LogP contribution in [-0.4, -0.2) is 47.9 Å². The first kappa shape index (κ1) is 17.7. The molecular formula is C17H19ClN4O2S. The molecule has 1 aromatic heterocycles. The van der Waals surface area contributed by atoms with Crippen LogP contribution in [0.4, 0.5) is 10.8 Å². The van der Waals surface area contributed by atoms with E-state index in [1.165, 1.54) is 11.3 Å². The van der Waals surface area contributed by atoms with Gasteiger partial charge < -0.3 is 9.80 Å². The molecule has 0 atom stereocenters. The fourth-order valence-electron chi connectivity index (χ4n) is 2.66. The molecule has 1 N–H and O–H groups in total. The minimum Gasteiger partial charge on any atom is -0.368 e. The Bertz CT molecular complexity index is 780. The van der Waals surface area contributed by atoms with E-state index in [1.54, 1.807) is 4.90 Å². The molecular weight excluding hydrogens is 360 g/mol. The fourth-order valence-corrected chi connectivity index (χ4v) is 3.66. The Balaban J connectivity index is 1.56. The van der Waals surface area contributed by atoms with E-state index in [0.717, 1.165) is 16.3 Å². The van der Waals surface area contributed by atoms with E-state index in [9.17, 15) is 9.59 Å². The zero-order chi connectivity index (χ0) is 18.0. The Morgan fingerprint density at radius 1 is 1.20 bits per heavy atom. The highest BCUT2D eigenvalue weighted by Gasteiger charge is 2.26. The third-order valence-electron chi connectivity index (χ3n) is 4.18. The number of benzene rings is 1. The summed E-state index contributed by atoms with van der Waals surface area (Å²) in [7, 11) is 0. The van der Waals surface area contributed by atoms with Gasteiger partial charge in [-0.05, 0) is 32.0 Å². The van der Waals surface area contributed by atoms with Gasteiger partial charge in [-0.25, -0.2) is 4.98 Å². The highest BCUT2D eigenvalue weighted by molar-refractivity contribution is 7.15. The molecule has 1 fully saturated rings. The molecule has 0 bridgehead atoms. The number of nitrogens with zero attached hydrogens (tertiary/aromatic N) is 3. The molecule has 25 heavy (non-hydrogen) atoms. The third kappa shape index (κ3) is 4.11. The zero-order valence-electron chi connectivity index (χ0n) is 14.1. The molecule has 0 aliphatic carbocycles. The van der Waals surface area contributed by atoms with Gasteiger partial charge >= 0.3 is 11.8 Å². The highest BCUT2D eigenvalue weighted by Crippen LogP contribution is 2.22. The second-order valence-electron chi connectivity index (χ2n) is 5.87. The molecule has 1 aliphatic heterocycles. The maximum Gasteiger partial charge on any atom is 0.315 e. The monoisotopic (exact) mass is 378 g/mol. The van der Waals surface area contributed by atoms with Gasteiger partial charge in [-0.3, -0.25) is 14.9 Å². The second-order valence-corrected chi connectivity index (χ2v) is 7.51. The fraction of sp³-hybridized carbons (Fsp3) is 0.353. The van der Waals surface area contributed by atoms with Gasteiger partial charge in [0.15, 0.2) is 5.13 Å². The van der Waals surface area contributed by atoms with E-state index < -0.39 is 11.8 Å². The second kappa shape index (κ2) is 7.41. The lowest BCUT2D eigenvalue weighted by Crippen LogP contribution is -2.51. The zero-order valence-corrected chi connectivity index (χ0v) is 15.7. The van der Waals surface area contributed by atoms with Crippen LogP contribution in [0.5, 0.6) is 0 Å². The Morgan fingerprint density at radius 2 is 1.92 bits per heavy atom. The number of rotatable bonds is 2. The minimum atomic E-state index is -0.634. The maximum absolute atomic E-state index is 12.3. The molecule has 0 radical (unpaired) electrons. The number of aromatic nitrogens is 1. The summed E-state index contributed by atoms with van der Waals surface area (Å²) in [5.41, 5.74) is 1.89. The smallest absolute Gasteiger partial charge is 0.315 e. The topological polar surface area (TPSA) is 65.5 Å². The first-order chi connectivity index (χ1) is 11.9. The Morgan fingerprint density at radius 3 is 2.52 bits per heavy atom. The minimum absolute atomic E-state index is 0.464. The standard InChI is InChI=1S/C17H19ClN4O2S/c1-11-12(2)25-17(19-11)20-15(23)16(24)22-8-6-21(7-9-22)14-5-3-4-13(18)10-14/h3-5,10H,6-9H2,1-2H3,(H,19,20,23). The van der Waals surface area contributed by atoms with E-state index in [2.05, 4.69) is 15.2 Å². The van der Waals surface area contributed by atoms with E-state index in [-0.39, 0.29) is 0 Å². The van der Waals surface area contributed by atoms with Gasteiger partial charge in [0.25, 0.3) is 0 Å². The summed E-state index contributed by atoms with van der Waals surface area (Å²) in [6.45, 7) is 6.12. The molecule has 1 aromatic carbocycles. The van der Waals surface area contributed by atoms with Crippen molar-refractivity contribution in [2.75, 3.05) is 36.4 Å². The van der Waals surface area contributed by atoms with Crippen LogP contribution in [0.2, 0.25) is 5.02 Å². The molecule has 132 valence electrons. The Hall–Kier alpha value is -2.12. The van der Waals surface area contributed by atoms with Crippen LogP contribution in [0, 0.1) is 13.8 Å². The average Bonchev–Trinajstić information content (AvgIpc) is 2.91. The summed E-state index contributed by atoms with van der Waals surface area (Å²) in [5.74, 6) is -1.15. The summed E-state index contributed by atoms with van der Waals surface area (Å²) in [4.78, 5) is 33.5. The lowest BCUT2D eigenvalue weighted by atomic mass is 10.2. The average molecular weight is 379 g/mol. The molecule has 0 unspecified atom stereocenters. The van der Waals surface area contributed by atoms with Crippen molar-refractivity contribution >= 4 is 45.6 Å². The van der Waals surface area contributed by atoms with Crippen molar-refractivity contribution in [2.45, 2.75) is 13.8 Å². The van der Waals surface area contributed by atoms with Crippen LogP contribution in [0.15, 0.2) is 24.3 Å². The number of piperazine rings is 1. The number of amides is 2. The molecule has 1 aliphatic rings. The van der Waals surface area contributed by atoms with Crippen LogP contribution in [0.25, 0.3) is 0 Å². The molecule has 0 spiro atoms. The van der Waals surface area contributed by atoms with E-state index in [1.807, 2.05) is 38.1 Å². The van der Waals surface area contributed by atoms with Crippen molar-refractivity contribution in [3.05, 3.63) is 39.9 Å². The number of hydrogen-bond acceptors (Lipinski definition) is 5. The van der Waals surface area contributed by atoms with E-state index in [0.29, 0.717) is 36.3 Å². The molecule has 2 heterocycles. The van der Waals surface area contributed by atoms with Crippen LogP contribution in [0.3, 0.4) is 0 Å². The van der Waals surface area contributed by atoms with Gasteiger partial charge in [0.1, 0.15) is 0 Å². The first-order valence-corrected chi connectivity index (χ1v) is 9.18. The van der Waals surface area contributed by atoms with Crippen LogP contribution in [0.1, 0.15) is 10.6 Å². The van der Waals surface area contributed by atoms with E-state index >= 15 is 0 Å². The van der Waals surface area contributed by atoms with Crippen molar-refractivity contribution in [1.82, 2.24) is 9.88 Å². The lowest BCUT2D eigenvalue weighted by Gasteiger charge is -2.35. The summed E-state index contributed by atoms with van der Waals surface area (Å²) in [6, 6.07) is 7.62. The van der Waals surface area contributed by atoms with Crippen molar-refractivity contribution in [1.29, 1.82) is 0 Å². The number of anilines is 2. The summed E-state index contributed by atoms with van der Waals surface area (Å²) < 4.78 is 0. The van der Waals surface area contributed by atoms with Crippen LogP contribution in [-0.2, 0) is 9.59 Å². The van der Waals surface area contributed by atoms with Crippen molar-refractivity contribution in [3.63, 3.8) is 0 Å². The highest BCUT2D eigenvalue weighted by atomic mass is 35.5. The van der Waals surface area contributed by atoms with Crippen molar-refractivity contribution < 1.29 is 9.59 Å². The predicted octanol–water partition coefficient (Wildman–Crippen LogP) is 2.70. The third-order valence-corrected chi connectivity index (χ3v) is 5.41. The lowest BCUT2D eigenvalue weighted by molar-refractivity contribution is -0.143. The quantitative estimate of drug-likeness (QED) is 0.816. The van der Waals surface area contributed by atoms with Gasteiger partial charge in [0.05, 0.1) is 5.69 Å². The van der Waals surface area contributed by atoms with Gasteiger partial charge in [-0.1, -0.05) is 17.7 Å². The van der Waals surface area contributed by atoms with Crippen molar-refractivity contribution in [3.8, 4) is 0 Å². The number of hydrogen-bond donors (Lipinski definition) is 1. The summed E-state index contributed by atoms with van der Waals surface area (Å²) in [5, 5.41) is 3.75. The van der Waals surface area contributed by atoms with Gasteiger partial charge in [0.2, 0.25) is 0 Å². The van der Waals surface area contributed by atoms with Gasteiger partial charge in [-0.15, -0.1) is 11.3 Å². The summed E-state index contributed by atoms with van der Waals surface area (Å²) in [6.07, 6.45) is 0. The molecule has 1 saturated heterocycles. The van der Waals surface area contributed by atoms with Gasteiger partial charge in [-0.2, -0.15) is 0 Å². The number of thiazole rings is 1. The number of carbonyl (C=O) groups is 2. The Labute approximate surface area is 155 Å². The normalized spacial score (nSPS) is 14.5. The number of aryl methyl sites for hydroxylation is 2. The molecule has 2 aromatic rings. The van der Waals surface area contributed by atoms with Crippen molar-refractivity contribution in [2.24, 2.45) is 0 Å². The van der Waals surface area contributed by atoms with Crippen LogP contribution < -0.4 is 10.2 Å². The number of nitrogens with one attached hydrogen (secondary N) is 1. The molecule has 8 heteroatoms. The van der Waals surface area contributed by atoms with E-state index in [4.69, 9.17) is 11.6 Å². The molecule has 6 nitrogen and oxygen atoms in total. The summed E-state index contributed by atoms with van der Waals surface area (Å²) >= 11 is 7.40. The first-order valence-electron chi connectivity index (χ1n) is 7.99. The number of halogens is 1.